The van der Waals surface area contributed by atoms with Crippen LogP contribution in [0.3, 0.4) is 0 Å². The lowest BCUT2D eigenvalue weighted by Gasteiger charge is -2.01. The molecular formula is C13H9NO5S. The molecule has 0 saturated heterocycles. The first-order chi connectivity index (χ1) is 9.46. The van der Waals surface area contributed by atoms with E-state index in [1.807, 2.05) is 24.3 Å². The first-order valence-electron chi connectivity index (χ1n) is 5.66. The van der Waals surface area contributed by atoms with E-state index in [0.717, 1.165) is 16.3 Å². The van der Waals surface area contributed by atoms with Crippen molar-refractivity contribution in [3.8, 4) is 0 Å². The molecule has 3 aromatic rings. The number of hydrogen-bond acceptors (Lipinski definition) is 4. The number of carbonyl (C=O) groups is 1. The number of para-hydroxylation sites is 2. The Hall–Kier alpha value is -2.38. The number of hydrogen-bond donors (Lipinski definition) is 2. The van der Waals surface area contributed by atoms with Crippen molar-refractivity contribution in [3.05, 3.63) is 48.0 Å². The Morgan fingerprint density at radius 2 is 1.75 bits per heavy atom. The summed E-state index contributed by atoms with van der Waals surface area (Å²) in [5.74, 6) is -1.13. The Morgan fingerprint density at radius 1 is 1.05 bits per heavy atom. The zero-order valence-corrected chi connectivity index (χ0v) is 10.8. The maximum atomic E-state index is 11.8. The maximum Gasteiger partial charge on any atom is 0.449 e. The molecule has 0 bridgehead atoms. The van der Waals surface area contributed by atoms with E-state index in [1.54, 1.807) is 12.1 Å². The highest BCUT2D eigenvalue weighted by Crippen LogP contribution is 2.27. The Balaban J connectivity index is 2.24. The molecule has 0 radical (unpaired) electrons. The standard InChI is InChI=1S/C13H9NO5S/c15-13(19-20(16,17)18)10-6-3-5-9-8-4-1-2-7-11(8)14-12(9)10/h1-7,14H,(H,16,17,18). The fourth-order valence-corrected chi connectivity index (χ4v) is 2.46. The van der Waals surface area contributed by atoms with Crippen molar-refractivity contribution in [3.63, 3.8) is 0 Å². The third-order valence-corrected chi connectivity index (χ3v) is 3.30. The first-order valence-corrected chi connectivity index (χ1v) is 7.03. The van der Waals surface area contributed by atoms with Gasteiger partial charge < -0.3 is 9.17 Å². The first kappa shape index (κ1) is 12.6. The highest BCUT2D eigenvalue weighted by Gasteiger charge is 2.19. The van der Waals surface area contributed by atoms with Gasteiger partial charge >= 0.3 is 16.4 Å². The molecule has 1 aromatic heterocycles. The van der Waals surface area contributed by atoms with Gasteiger partial charge in [-0.15, -0.1) is 0 Å². The van der Waals surface area contributed by atoms with Gasteiger partial charge in [0, 0.05) is 16.3 Å². The lowest BCUT2D eigenvalue weighted by molar-refractivity contribution is 0.0729. The van der Waals surface area contributed by atoms with Crippen molar-refractivity contribution in [1.29, 1.82) is 0 Å². The van der Waals surface area contributed by atoms with E-state index in [0.29, 0.717) is 5.52 Å². The number of aromatic amines is 1. The van der Waals surface area contributed by atoms with E-state index in [4.69, 9.17) is 4.55 Å². The second kappa shape index (κ2) is 4.32. The second-order valence-corrected chi connectivity index (χ2v) is 5.22. The summed E-state index contributed by atoms with van der Waals surface area (Å²) in [5.41, 5.74) is 1.31. The number of aromatic nitrogens is 1. The van der Waals surface area contributed by atoms with Gasteiger partial charge in [0.1, 0.15) is 0 Å². The maximum absolute atomic E-state index is 11.8. The average molecular weight is 291 g/mol. The SMILES string of the molecule is O=C(OS(=O)(=O)O)c1cccc2c1[nH]c1ccccc12. The van der Waals surface area contributed by atoms with E-state index in [-0.39, 0.29) is 5.56 Å². The number of nitrogens with one attached hydrogen (secondary N) is 1. The van der Waals surface area contributed by atoms with E-state index < -0.39 is 16.4 Å². The predicted molar refractivity (Wildman–Crippen MR) is 72.8 cm³/mol. The van der Waals surface area contributed by atoms with Crippen molar-refractivity contribution in [1.82, 2.24) is 4.98 Å². The molecule has 2 N–H and O–H groups in total. The molecule has 102 valence electrons. The van der Waals surface area contributed by atoms with Crippen LogP contribution in [0.2, 0.25) is 0 Å². The van der Waals surface area contributed by atoms with Crippen LogP contribution in [0.5, 0.6) is 0 Å². The fourth-order valence-electron chi connectivity index (χ4n) is 2.18. The molecular weight excluding hydrogens is 282 g/mol. The van der Waals surface area contributed by atoms with Crippen LogP contribution in [-0.4, -0.2) is 23.9 Å². The molecule has 0 atom stereocenters. The van der Waals surface area contributed by atoms with Gasteiger partial charge in [-0.05, 0) is 12.1 Å². The van der Waals surface area contributed by atoms with Crippen molar-refractivity contribution >= 4 is 38.2 Å². The van der Waals surface area contributed by atoms with Gasteiger partial charge in [-0.3, -0.25) is 4.55 Å². The summed E-state index contributed by atoms with van der Waals surface area (Å²) in [5, 5.41) is 1.68. The minimum atomic E-state index is -4.83. The summed E-state index contributed by atoms with van der Waals surface area (Å²) in [6, 6.07) is 12.3. The topological polar surface area (TPSA) is 96.5 Å². The molecule has 0 amide bonds. The summed E-state index contributed by atoms with van der Waals surface area (Å²) < 4.78 is 33.8. The monoisotopic (exact) mass is 291 g/mol. The molecule has 0 aliphatic rings. The van der Waals surface area contributed by atoms with Crippen LogP contribution in [0.15, 0.2) is 42.5 Å². The largest absolute Gasteiger partial charge is 0.449 e. The highest BCUT2D eigenvalue weighted by atomic mass is 32.3. The van der Waals surface area contributed by atoms with Gasteiger partial charge in [0.15, 0.2) is 0 Å². The van der Waals surface area contributed by atoms with Crippen LogP contribution in [0.25, 0.3) is 21.8 Å². The molecule has 0 aliphatic carbocycles. The Kier molecular flexibility index (Phi) is 2.73. The van der Waals surface area contributed by atoms with Crippen LogP contribution in [0.4, 0.5) is 0 Å². The molecule has 0 spiro atoms. The van der Waals surface area contributed by atoms with Crippen LogP contribution in [0, 0.1) is 0 Å². The zero-order valence-electron chi connectivity index (χ0n) is 10.0. The smallest absolute Gasteiger partial charge is 0.354 e. The van der Waals surface area contributed by atoms with Gasteiger partial charge in [-0.1, -0.05) is 30.3 Å². The predicted octanol–water partition coefficient (Wildman–Crippen LogP) is 2.28. The van der Waals surface area contributed by atoms with Crippen LogP contribution in [-0.2, 0) is 14.6 Å². The molecule has 0 aliphatic heterocycles. The van der Waals surface area contributed by atoms with E-state index >= 15 is 0 Å². The molecule has 7 heteroatoms. The van der Waals surface area contributed by atoms with Crippen molar-refractivity contribution < 1.29 is 21.9 Å². The summed E-state index contributed by atoms with van der Waals surface area (Å²) in [7, 11) is -4.83. The summed E-state index contributed by atoms with van der Waals surface area (Å²) in [4.78, 5) is 14.8. The van der Waals surface area contributed by atoms with Crippen LogP contribution in [0.1, 0.15) is 10.4 Å². The summed E-state index contributed by atoms with van der Waals surface area (Å²) in [6.45, 7) is 0. The molecule has 20 heavy (non-hydrogen) atoms. The van der Waals surface area contributed by atoms with E-state index in [2.05, 4.69) is 9.17 Å². The van der Waals surface area contributed by atoms with Gasteiger partial charge in [0.05, 0.1) is 11.1 Å². The van der Waals surface area contributed by atoms with Crippen LogP contribution >= 0.6 is 0 Å². The Morgan fingerprint density at radius 3 is 2.50 bits per heavy atom. The molecule has 0 saturated carbocycles. The molecule has 0 fully saturated rings. The third kappa shape index (κ3) is 2.13. The van der Waals surface area contributed by atoms with E-state index in [1.165, 1.54) is 6.07 Å². The fraction of sp³-hybridized carbons (Fsp3) is 0. The highest BCUT2D eigenvalue weighted by molar-refractivity contribution is 7.81. The minimum absolute atomic E-state index is 0.0383. The summed E-state index contributed by atoms with van der Waals surface area (Å²) >= 11 is 0. The molecule has 3 rings (SSSR count). The molecule has 0 unspecified atom stereocenters. The quantitative estimate of drug-likeness (QED) is 0.706. The Labute approximate surface area is 113 Å². The van der Waals surface area contributed by atoms with Gasteiger partial charge in [0.2, 0.25) is 0 Å². The third-order valence-electron chi connectivity index (χ3n) is 2.94. The lowest BCUT2D eigenvalue weighted by atomic mass is 10.1. The number of benzene rings is 2. The number of carbonyl (C=O) groups excluding carboxylic acids is 1. The second-order valence-electron chi connectivity index (χ2n) is 4.20. The van der Waals surface area contributed by atoms with Gasteiger partial charge in [0.25, 0.3) is 0 Å². The summed E-state index contributed by atoms with van der Waals surface area (Å²) in [6.07, 6.45) is 0. The zero-order chi connectivity index (χ0) is 14.3. The van der Waals surface area contributed by atoms with Crippen molar-refractivity contribution in [2.75, 3.05) is 0 Å². The van der Waals surface area contributed by atoms with Crippen LogP contribution < -0.4 is 0 Å². The molecule has 1 heterocycles. The van der Waals surface area contributed by atoms with Crippen molar-refractivity contribution in [2.24, 2.45) is 0 Å². The lowest BCUT2D eigenvalue weighted by Crippen LogP contribution is -2.12. The minimum Gasteiger partial charge on any atom is -0.354 e. The molecule has 6 nitrogen and oxygen atoms in total. The number of H-pyrrole nitrogens is 1. The normalized spacial score (nSPS) is 11.8. The molecule has 2 aromatic carbocycles. The number of rotatable bonds is 2. The Bertz CT molecular complexity index is 926. The van der Waals surface area contributed by atoms with E-state index in [9.17, 15) is 13.2 Å². The average Bonchev–Trinajstić information content (AvgIpc) is 2.75. The van der Waals surface area contributed by atoms with Gasteiger partial charge in [-0.2, -0.15) is 8.42 Å². The number of fused-ring (bicyclic) bond motifs is 3. The van der Waals surface area contributed by atoms with Crippen molar-refractivity contribution in [2.45, 2.75) is 0 Å². The van der Waals surface area contributed by atoms with Gasteiger partial charge in [-0.25, -0.2) is 4.79 Å².